The summed E-state index contributed by atoms with van der Waals surface area (Å²) in [4.78, 5) is 28.5. The highest BCUT2D eigenvalue weighted by Gasteiger charge is 2.32. The molecule has 1 fully saturated rings. The molecule has 2 aromatic carbocycles. The smallest absolute Gasteiger partial charge is 0.243 e. The number of sulfonamides is 1. The predicted octanol–water partition coefficient (Wildman–Crippen LogP) is 4.53. The molecule has 0 aromatic heterocycles. The Labute approximate surface area is 219 Å². The van der Waals surface area contributed by atoms with Gasteiger partial charge in [0.25, 0.3) is 0 Å². The molecule has 9 heteroatoms. The fourth-order valence-corrected chi connectivity index (χ4v) is 5.87. The van der Waals surface area contributed by atoms with Crippen molar-refractivity contribution in [1.29, 1.82) is 0 Å². The lowest BCUT2D eigenvalue weighted by molar-refractivity contribution is -0.141. The van der Waals surface area contributed by atoms with E-state index < -0.39 is 22.0 Å². The summed E-state index contributed by atoms with van der Waals surface area (Å²) in [6.45, 7) is 3.67. The summed E-state index contributed by atoms with van der Waals surface area (Å²) >= 11 is 5.90. The van der Waals surface area contributed by atoms with Crippen LogP contribution in [0.5, 0.6) is 0 Å². The van der Waals surface area contributed by atoms with Crippen LogP contribution in [0.2, 0.25) is 5.02 Å². The molecular weight excluding hydrogens is 498 g/mol. The van der Waals surface area contributed by atoms with Gasteiger partial charge in [0.15, 0.2) is 0 Å². The summed E-state index contributed by atoms with van der Waals surface area (Å²) in [6.07, 6.45) is 5.65. The van der Waals surface area contributed by atoms with Gasteiger partial charge in [0.05, 0.1) is 11.4 Å². The number of carbonyl (C=O) groups excluding carboxylic acids is 2. The number of hydrogen-bond donors (Lipinski definition) is 1. The molecule has 3 rings (SSSR count). The maximum atomic E-state index is 13.6. The Morgan fingerprint density at radius 3 is 2.36 bits per heavy atom. The van der Waals surface area contributed by atoms with Crippen LogP contribution in [0.25, 0.3) is 0 Å². The number of carbonyl (C=O) groups is 2. The van der Waals surface area contributed by atoms with E-state index in [1.807, 2.05) is 38.1 Å². The summed E-state index contributed by atoms with van der Waals surface area (Å²) < 4.78 is 27.2. The van der Waals surface area contributed by atoms with Crippen LogP contribution in [0.15, 0.2) is 53.4 Å². The monoisotopic (exact) mass is 533 g/mol. The van der Waals surface area contributed by atoms with Crippen molar-refractivity contribution in [2.45, 2.75) is 75.9 Å². The van der Waals surface area contributed by atoms with E-state index in [-0.39, 0.29) is 29.9 Å². The first-order valence-corrected chi connectivity index (χ1v) is 14.3. The first kappa shape index (κ1) is 28.2. The van der Waals surface area contributed by atoms with Crippen molar-refractivity contribution in [3.63, 3.8) is 0 Å². The molecule has 1 unspecified atom stereocenters. The minimum atomic E-state index is -3.91. The highest BCUT2D eigenvalue weighted by atomic mass is 35.5. The van der Waals surface area contributed by atoms with Crippen molar-refractivity contribution >= 4 is 33.4 Å². The third-order valence-electron chi connectivity index (χ3n) is 6.65. The second kappa shape index (κ2) is 12.7. The van der Waals surface area contributed by atoms with Gasteiger partial charge in [0.2, 0.25) is 21.8 Å². The molecule has 0 radical (unpaired) electrons. The zero-order chi connectivity index (χ0) is 26.3. The predicted molar refractivity (Wildman–Crippen MR) is 142 cm³/mol. The lowest BCUT2D eigenvalue weighted by Gasteiger charge is -2.33. The molecule has 1 aliphatic carbocycles. The first-order chi connectivity index (χ1) is 17.1. The van der Waals surface area contributed by atoms with E-state index in [2.05, 4.69) is 5.32 Å². The number of amides is 2. The van der Waals surface area contributed by atoms with Gasteiger partial charge in [-0.05, 0) is 56.0 Å². The molecule has 196 valence electrons. The maximum absolute atomic E-state index is 13.6. The minimum absolute atomic E-state index is 0.0505. The van der Waals surface area contributed by atoms with Crippen LogP contribution in [-0.2, 0) is 26.2 Å². The van der Waals surface area contributed by atoms with Crippen molar-refractivity contribution < 1.29 is 18.0 Å². The van der Waals surface area contributed by atoms with Crippen LogP contribution in [0.1, 0.15) is 56.6 Å². The Balaban J connectivity index is 1.83. The van der Waals surface area contributed by atoms with Gasteiger partial charge in [0, 0.05) is 24.7 Å². The Hall–Kier alpha value is -2.42. The highest BCUT2D eigenvalue weighted by molar-refractivity contribution is 7.89. The van der Waals surface area contributed by atoms with Gasteiger partial charge in [-0.25, -0.2) is 8.42 Å². The number of likely N-dealkylation sites (N-methyl/N-ethyl adjacent to an activating group) is 1. The summed E-state index contributed by atoms with van der Waals surface area (Å²) in [6, 6.07) is 13.0. The number of nitrogens with one attached hydrogen (secondary N) is 1. The van der Waals surface area contributed by atoms with Crippen LogP contribution < -0.4 is 5.32 Å². The Kier molecular flexibility index (Phi) is 9.93. The van der Waals surface area contributed by atoms with Crippen molar-refractivity contribution in [3.8, 4) is 0 Å². The lowest BCUT2D eigenvalue weighted by atomic mass is 9.95. The van der Waals surface area contributed by atoms with Crippen molar-refractivity contribution in [1.82, 2.24) is 14.5 Å². The SMILES string of the molecule is CCC(C(=O)NC1CCCCC1)N(Cc1cccc(C)c1)C(=O)CN(C)S(=O)(=O)c1ccc(Cl)cc1. The third kappa shape index (κ3) is 7.31. The van der Waals surface area contributed by atoms with E-state index >= 15 is 0 Å². The molecule has 0 bridgehead atoms. The number of nitrogens with zero attached hydrogens (tertiary/aromatic N) is 2. The molecule has 1 saturated carbocycles. The first-order valence-electron chi connectivity index (χ1n) is 12.5. The van der Waals surface area contributed by atoms with Crippen LogP contribution in [0, 0.1) is 6.92 Å². The summed E-state index contributed by atoms with van der Waals surface area (Å²) in [5, 5.41) is 3.56. The van der Waals surface area contributed by atoms with Gasteiger partial charge in [0.1, 0.15) is 6.04 Å². The van der Waals surface area contributed by atoms with E-state index in [0.717, 1.165) is 41.1 Å². The molecule has 0 aliphatic heterocycles. The average Bonchev–Trinajstić information content (AvgIpc) is 2.84. The van der Waals surface area contributed by atoms with Crippen LogP contribution >= 0.6 is 11.6 Å². The molecule has 2 amide bonds. The largest absolute Gasteiger partial charge is 0.352 e. The summed E-state index contributed by atoms with van der Waals surface area (Å²) in [5.41, 5.74) is 1.93. The molecule has 7 nitrogen and oxygen atoms in total. The van der Waals surface area contributed by atoms with E-state index in [0.29, 0.717) is 11.4 Å². The highest BCUT2D eigenvalue weighted by Crippen LogP contribution is 2.21. The second-order valence-electron chi connectivity index (χ2n) is 9.49. The molecule has 0 saturated heterocycles. The molecule has 1 N–H and O–H groups in total. The molecular formula is C27H36ClN3O4S. The van der Waals surface area contributed by atoms with Gasteiger partial charge in [-0.1, -0.05) is 67.6 Å². The van der Waals surface area contributed by atoms with Crippen molar-refractivity contribution in [3.05, 3.63) is 64.7 Å². The maximum Gasteiger partial charge on any atom is 0.243 e. The van der Waals surface area contributed by atoms with E-state index in [9.17, 15) is 18.0 Å². The van der Waals surface area contributed by atoms with Crippen molar-refractivity contribution in [2.24, 2.45) is 0 Å². The molecule has 1 aliphatic rings. The van der Waals surface area contributed by atoms with Crippen LogP contribution in [0.4, 0.5) is 0 Å². The van der Waals surface area contributed by atoms with E-state index in [1.165, 1.54) is 42.6 Å². The zero-order valence-electron chi connectivity index (χ0n) is 21.2. The van der Waals surface area contributed by atoms with Crippen LogP contribution in [0.3, 0.4) is 0 Å². The molecule has 36 heavy (non-hydrogen) atoms. The fraction of sp³-hybridized carbons (Fsp3) is 0.481. The summed E-state index contributed by atoms with van der Waals surface area (Å²) in [7, 11) is -2.54. The Morgan fingerprint density at radius 1 is 1.08 bits per heavy atom. The number of benzene rings is 2. The zero-order valence-corrected chi connectivity index (χ0v) is 22.8. The molecule has 0 spiro atoms. The second-order valence-corrected chi connectivity index (χ2v) is 12.0. The Morgan fingerprint density at radius 2 is 1.75 bits per heavy atom. The van der Waals surface area contributed by atoms with Gasteiger partial charge in [-0.15, -0.1) is 0 Å². The molecule has 0 heterocycles. The summed E-state index contributed by atoms with van der Waals surface area (Å²) in [5.74, 6) is -0.615. The van der Waals surface area contributed by atoms with Crippen LogP contribution in [-0.4, -0.2) is 55.1 Å². The Bertz CT molecular complexity index is 1150. The fourth-order valence-electron chi connectivity index (χ4n) is 4.62. The average molecular weight is 534 g/mol. The van der Waals surface area contributed by atoms with Gasteiger partial charge in [-0.2, -0.15) is 4.31 Å². The normalized spacial score (nSPS) is 15.5. The lowest BCUT2D eigenvalue weighted by Crippen LogP contribution is -2.53. The standard InChI is InChI=1S/C27H36ClN3O4S/c1-4-25(27(33)29-23-11-6-5-7-12-23)31(18-21-10-8-9-20(2)17-21)26(32)19-30(3)36(34,35)24-15-13-22(28)14-16-24/h8-10,13-17,23,25H,4-7,11-12,18-19H2,1-3H3,(H,29,33). The van der Waals surface area contributed by atoms with Gasteiger partial charge in [-0.3, -0.25) is 9.59 Å². The van der Waals surface area contributed by atoms with Crippen molar-refractivity contribution in [2.75, 3.05) is 13.6 Å². The number of hydrogen-bond acceptors (Lipinski definition) is 4. The van der Waals surface area contributed by atoms with E-state index in [1.54, 1.807) is 0 Å². The number of aryl methyl sites for hydroxylation is 1. The minimum Gasteiger partial charge on any atom is -0.352 e. The molecule has 1 atom stereocenters. The number of halogens is 1. The van der Waals surface area contributed by atoms with Gasteiger partial charge < -0.3 is 10.2 Å². The van der Waals surface area contributed by atoms with E-state index in [4.69, 9.17) is 11.6 Å². The third-order valence-corrected chi connectivity index (χ3v) is 8.72. The quantitative estimate of drug-likeness (QED) is 0.486. The number of rotatable bonds is 10. The topological polar surface area (TPSA) is 86.8 Å². The van der Waals surface area contributed by atoms with Gasteiger partial charge >= 0.3 is 0 Å². The molecule has 2 aromatic rings.